The quantitative estimate of drug-likeness (QED) is 0.795. The first-order valence-corrected chi connectivity index (χ1v) is 6.68. The molecular weight excluding hydrogens is 260 g/mol. The maximum Gasteiger partial charge on any atom is 0.253 e. The molecule has 2 aromatic heterocycles. The summed E-state index contributed by atoms with van der Waals surface area (Å²) in [6, 6.07) is 5.59. The Hall–Kier alpha value is -2.21. The smallest absolute Gasteiger partial charge is 0.253 e. The fourth-order valence-electron chi connectivity index (χ4n) is 1.92. The largest absolute Gasteiger partial charge is 0.337 e. The van der Waals surface area contributed by atoms with Crippen LogP contribution in [0.15, 0.2) is 36.1 Å². The number of rotatable bonds is 3. The molecule has 1 N–H and O–H groups in total. The minimum atomic E-state index is -0.00324. The summed E-state index contributed by atoms with van der Waals surface area (Å²) in [5.74, 6) is -0.00324. The highest BCUT2D eigenvalue weighted by atomic mass is 32.1. The molecule has 0 aliphatic heterocycles. The number of thiazole rings is 1. The van der Waals surface area contributed by atoms with Crippen molar-refractivity contribution in [2.24, 2.45) is 0 Å². The summed E-state index contributed by atoms with van der Waals surface area (Å²) in [6.45, 7) is 0.538. The third-order valence-electron chi connectivity index (χ3n) is 2.90. The van der Waals surface area contributed by atoms with E-state index in [1.54, 1.807) is 29.9 Å². The Bertz CT molecular complexity index is 704. The molecule has 1 amide bonds. The van der Waals surface area contributed by atoms with Crippen molar-refractivity contribution in [3.63, 3.8) is 0 Å². The second-order valence-electron chi connectivity index (χ2n) is 4.30. The number of nitrogens with zero attached hydrogens (tertiary/aromatic N) is 3. The van der Waals surface area contributed by atoms with Crippen molar-refractivity contribution >= 4 is 27.5 Å². The molecule has 0 bridgehead atoms. The fraction of sp³-hybridized carbons (Fsp3) is 0.154. The van der Waals surface area contributed by atoms with Gasteiger partial charge in [0.1, 0.15) is 0 Å². The van der Waals surface area contributed by atoms with Gasteiger partial charge in [-0.2, -0.15) is 5.10 Å². The molecule has 0 saturated carbocycles. The molecule has 5 nitrogen and oxygen atoms in total. The summed E-state index contributed by atoms with van der Waals surface area (Å²) in [5, 5.41) is 6.61. The van der Waals surface area contributed by atoms with Gasteiger partial charge < -0.3 is 4.90 Å². The third kappa shape index (κ3) is 2.34. The van der Waals surface area contributed by atoms with Gasteiger partial charge in [0.15, 0.2) is 0 Å². The van der Waals surface area contributed by atoms with Crippen LogP contribution in [0.2, 0.25) is 0 Å². The first kappa shape index (κ1) is 11.9. The van der Waals surface area contributed by atoms with E-state index in [-0.39, 0.29) is 5.91 Å². The van der Waals surface area contributed by atoms with Crippen molar-refractivity contribution in [3.8, 4) is 0 Å². The molecule has 6 heteroatoms. The Balaban J connectivity index is 1.82. The number of aromatic amines is 1. The highest BCUT2D eigenvalue weighted by Crippen LogP contribution is 2.20. The number of carbonyl (C=O) groups excluding carboxylic acids is 1. The average molecular weight is 272 g/mol. The van der Waals surface area contributed by atoms with E-state index < -0.39 is 0 Å². The molecule has 0 unspecified atom stereocenters. The molecule has 0 saturated heterocycles. The van der Waals surface area contributed by atoms with Gasteiger partial charge in [0.2, 0.25) is 0 Å². The lowest BCUT2D eigenvalue weighted by Gasteiger charge is -2.16. The van der Waals surface area contributed by atoms with E-state index in [2.05, 4.69) is 15.2 Å². The predicted molar refractivity (Wildman–Crippen MR) is 74.0 cm³/mol. The number of nitrogens with one attached hydrogen (secondary N) is 1. The zero-order chi connectivity index (χ0) is 13.2. The van der Waals surface area contributed by atoms with E-state index >= 15 is 0 Å². The molecule has 2 heterocycles. The average Bonchev–Trinajstić information content (AvgIpc) is 3.07. The Labute approximate surface area is 113 Å². The maximum absolute atomic E-state index is 12.3. The number of benzene rings is 1. The summed E-state index contributed by atoms with van der Waals surface area (Å²) < 4.78 is 1.03. The van der Waals surface area contributed by atoms with Gasteiger partial charge in [-0.05, 0) is 18.2 Å². The lowest BCUT2D eigenvalue weighted by atomic mass is 10.2. The molecule has 96 valence electrons. The van der Waals surface area contributed by atoms with E-state index in [9.17, 15) is 4.79 Å². The number of fused-ring (bicyclic) bond motifs is 1. The van der Waals surface area contributed by atoms with Crippen LogP contribution in [0.25, 0.3) is 10.2 Å². The summed E-state index contributed by atoms with van der Waals surface area (Å²) >= 11 is 1.54. The zero-order valence-corrected chi connectivity index (χ0v) is 11.1. The molecule has 0 fully saturated rings. The third-order valence-corrected chi connectivity index (χ3v) is 3.69. The van der Waals surface area contributed by atoms with Crippen molar-refractivity contribution < 1.29 is 4.79 Å². The van der Waals surface area contributed by atoms with E-state index in [1.165, 1.54) is 11.3 Å². The topological polar surface area (TPSA) is 61.9 Å². The summed E-state index contributed by atoms with van der Waals surface area (Å²) in [6.07, 6.45) is 3.51. The first-order valence-electron chi connectivity index (χ1n) is 5.80. The molecule has 1 aromatic carbocycles. The van der Waals surface area contributed by atoms with Gasteiger partial charge in [-0.15, -0.1) is 11.3 Å². The van der Waals surface area contributed by atoms with Crippen LogP contribution in [0, 0.1) is 0 Å². The Kier molecular flexibility index (Phi) is 3.00. The van der Waals surface area contributed by atoms with Crippen molar-refractivity contribution in [2.45, 2.75) is 6.54 Å². The number of hydrogen-bond donors (Lipinski definition) is 1. The van der Waals surface area contributed by atoms with Crippen LogP contribution >= 0.6 is 11.3 Å². The van der Waals surface area contributed by atoms with Gasteiger partial charge in [0, 0.05) is 30.9 Å². The normalized spacial score (nSPS) is 10.8. The van der Waals surface area contributed by atoms with E-state index in [0.717, 1.165) is 15.8 Å². The van der Waals surface area contributed by atoms with Gasteiger partial charge >= 0.3 is 0 Å². The summed E-state index contributed by atoms with van der Waals surface area (Å²) in [7, 11) is 1.78. The number of hydrogen-bond acceptors (Lipinski definition) is 4. The van der Waals surface area contributed by atoms with E-state index in [0.29, 0.717) is 12.1 Å². The Morgan fingerprint density at radius 3 is 3.16 bits per heavy atom. The Morgan fingerprint density at radius 2 is 2.37 bits per heavy atom. The first-order chi connectivity index (χ1) is 9.24. The molecule has 3 rings (SSSR count). The second kappa shape index (κ2) is 4.81. The number of carbonyl (C=O) groups is 1. The zero-order valence-electron chi connectivity index (χ0n) is 10.3. The van der Waals surface area contributed by atoms with Crippen molar-refractivity contribution in [3.05, 3.63) is 47.2 Å². The molecule has 0 aliphatic carbocycles. The molecule has 3 aromatic rings. The van der Waals surface area contributed by atoms with Crippen molar-refractivity contribution in [2.75, 3.05) is 7.05 Å². The van der Waals surface area contributed by atoms with Gasteiger partial charge in [-0.1, -0.05) is 0 Å². The van der Waals surface area contributed by atoms with Crippen LogP contribution in [0.1, 0.15) is 15.9 Å². The predicted octanol–water partition coefficient (Wildman–Crippen LogP) is 2.29. The highest BCUT2D eigenvalue weighted by Gasteiger charge is 2.13. The van der Waals surface area contributed by atoms with Crippen LogP contribution in [0.3, 0.4) is 0 Å². The van der Waals surface area contributed by atoms with Gasteiger partial charge in [-0.3, -0.25) is 9.89 Å². The maximum atomic E-state index is 12.3. The molecular formula is C13H12N4OS. The molecule has 0 radical (unpaired) electrons. The SMILES string of the molecule is CN(Cc1cn[nH]c1)C(=O)c1ccc2ncsc2c1. The van der Waals surface area contributed by atoms with Crippen LogP contribution in [-0.2, 0) is 6.54 Å². The lowest BCUT2D eigenvalue weighted by Crippen LogP contribution is -2.25. The van der Waals surface area contributed by atoms with Gasteiger partial charge in [0.05, 0.1) is 21.9 Å². The summed E-state index contributed by atoms with van der Waals surface area (Å²) in [4.78, 5) is 18.2. The second-order valence-corrected chi connectivity index (χ2v) is 5.19. The van der Waals surface area contributed by atoms with Gasteiger partial charge in [-0.25, -0.2) is 4.98 Å². The van der Waals surface area contributed by atoms with Crippen LogP contribution in [-0.4, -0.2) is 33.0 Å². The lowest BCUT2D eigenvalue weighted by molar-refractivity contribution is 0.0785. The fourth-order valence-corrected chi connectivity index (χ4v) is 2.63. The molecule has 19 heavy (non-hydrogen) atoms. The summed E-state index contributed by atoms with van der Waals surface area (Å²) in [5.41, 5.74) is 4.38. The molecule has 0 spiro atoms. The van der Waals surface area contributed by atoms with Gasteiger partial charge in [0.25, 0.3) is 5.91 Å². The van der Waals surface area contributed by atoms with Crippen LogP contribution in [0.4, 0.5) is 0 Å². The van der Waals surface area contributed by atoms with Crippen molar-refractivity contribution in [1.82, 2.24) is 20.1 Å². The van der Waals surface area contributed by atoms with Crippen LogP contribution < -0.4 is 0 Å². The molecule has 0 aliphatic rings. The van der Waals surface area contributed by atoms with Crippen LogP contribution in [0.5, 0.6) is 0 Å². The number of H-pyrrole nitrogens is 1. The number of amides is 1. The highest BCUT2D eigenvalue weighted by molar-refractivity contribution is 7.16. The van der Waals surface area contributed by atoms with Crippen molar-refractivity contribution in [1.29, 1.82) is 0 Å². The minimum absolute atomic E-state index is 0.00324. The van der Waals surface area contributed by atoms with E-state index in [4.69, 9.17) is 0 Å². The monoisotopic (exact) mass is 272 g/mol. The molecule has 0 atom stereocenters. The standard InChI is InChI=1S/C13H12N4OS/c1-17(7-9-5-15-16-6-9)13(18)10-2-3-11-12(4-10)19-8-14-11/h2-6,8H,7H2,1H3,(H,15,16). The number of aromatic nitrogens is 3. The van der Waals surface area contributed by atoms with E-state index in [1.807, 2.05) is 18.2 Å². The Morgan fingerprint density at radius 1 is 1.47 bits per heavy atom. The minimum Gasteiger partial charge on any atom is -0.337 e.